The Morgan fingerprint density at radius 2 is 2.38 bits per heavy atom. The molecule has 3 rings (SSSR count). The number of rotatable bonds is 5. The molecule has 0 aliphatic carbocycles. The van der Waals surface area contributed by atoms with Crippen molar-refractivity contribution in [3.8, 4) is 0 Å². The monoisotopic (exact) mass is 325 g/mol. The van der Waals surface area contributed by atoms with Crippen molar-refractivity contribution in [2.75, 3.05) is 24.7 Å². The Kier molecular flexibility index (Phi) is 5.31. The lowest BCUT2D eigenvalue weighted by Crippen LogP contribution is -2.44. The predicted molar refractivity (Wildman–Crippen MR) is 93.4 cm³/mol. The summed E-state index contributed by atoms with van der Waals surface area (Å²) in [7, 11) is 0. The molecular formula is C17H27NOS2. The lowest BCUT2D eigenvalue weighted by atomic mass is 9.79. The van der Waals surface area contributed by atoms with Gasteiger partial charge in [-0.1, -0.05) is 6.92 Å². The molecule has 1 N–H and O–H groups in total. The zero-order valence-corrected chi connectivity index (χ0v) is 14.8. The van der Waals surface area contributed by atoms with Crippen LogP contribution in [0.15, 0.2) is 10.8 Å². The molecule has 118 valence electrons. The lowest BCUT2D eigenvalue weighted by Gasteiger charge is -2.41. The molecule has 0 radical (unpaired) electrons. The van der Waals surface area contributed by atoms with Crippen LogP contribution in [0.4, 0.5) is 0 Å². The fourth-order valence-corrected chi connectivity index (χ4v) is 6.00. The molecule has 3 atom stereocenters. The lowest BCUT2D eigenvalue weighted by molar-refractivity contribution is -0.0854. The van der Waals surface area contributed by atoms with E-state index in [0.29, 0.717) is 6.04 Å². The van der Waals surface area contributed by atoms with Gasteiger partial charge >= 0.3 is 0 Å². The summed E-state index contributed by atoms with van der Waals surface area (Å²) in [5, 5.41) is 8.48. The second kappa shape index (κ2) is 7.03. The van der Waals surface area contributed by atoms with Gasteiger partial charge < -0.3 is 10.1 Å². The Hall–Kier alpha value is -0.0300. The van der Waals surface area contributed by atoms with Crippen LogP contribution < -0.4 is 5.32 Å². The predicted octanol–water partition coefficient (Wildman–Crippen LogP) is 4.40. The summed E-state index contributed by atoms with van der Waals surface area (Å²) < 4.78 is 6.21. The molecule has 1 spiro atoms. The number of hydrogen-bond acceptors (Lipinski definition) is 4. The first-order valence-corrected chi connectivity index (χ1v) is 10.3. The fourth-order valence-electron chi connectivity index (χ4n) is 3.73. The van der Waals surface area contributed by atoms with E-state index in [4.69, 9.17) is 4.74 Å². The molecule has 3 heterocycles. The van der Waals surface area contributed by atoms with Gasteiger partial charge in [0, 0.05) is 18.4 Å². The Morgan fingerprint density at radius 3 is 3.05 bits per heavy atom. The van der Waals surface area contributed by atoms with E-state index in [0.717, 1.165) is 19.1 Å². The molecule has 2 aliphatic heterocycles. The number of ether oxygens (including phenoxy) is 1. The molecule has 2 nitrogen and oxygen atoms in total. The van der Waals surface area contributed by atoms with Gasteiger partial charge in [0.25, 0.3) is 0 Å². The summed E-state index contributed by atoms with van der Waals surface area (Å²) >= 11 is 3.91. The van der Waals surface area contributed by atoms with Crippen LogP contribution in [0.1, 0.15) is 49.8 Å². The van der Waals surface area contributed by atoms with Crippen LogP contribution in [-0.4, -0.2) is 30.3 Å². The largest absolute Gasteiger partial charge is 0.374 e. The van der Waals surface area contributed by atoms with Crippen molar-refractivity contribution in [1.82, 2.24) is 5.32 Å². The minimum atomic E-state index is 0.184. The Balaban J connectivity index is 1.77. The van der Waals surface area contributed by atoms with Crippen LogP contribution in [0.25, 0.3) is 0 Å². The third-order valence-electron chi connectivity index (χ3n) is 4.91. The fraction of sp³-hybridized carbons (Fsp3) is 0.765. The number of hydrogen-bond donors (Lipinski definition) is 1. The van der Waals surface area contributed by atoms with Crippen molar-refractivity contribution in [1.29, 1.82) is 0 Å². The Morgan fingerprint density at radius 1 is 1.48 bits per heavy atom. The SMILES string of the molecule is CCCNC(c1cscc1C)C1CCOC2(CCSC2)C1. The third-order valence-corrected chi connectivity index (χ3v) is 7.02. The van der Waals surface area contributed by atoms with Crippen molar-refractivity contribution >= 4 is 23.1 Å². The molecule has 0 bridgehead atoms. The van der Waals surface area contributed by atoms with E-state index in [9.17, 15) is 0 Å². The highest BCUT2D eigenvalue weighted by atomic mass is 32.2. The third kappa shape index (κ3) is 3.49. The van der Waals surface area contributed by atoms with Crippen molar-refractivity contribution in [3.05, 3.63) is 21.9 Å². The maximum atomic E-state index is 6.21. The second-order valence-electron chi connectivity index (χ2n) is 6.53. The maximum absolute atomic E-state index is 6.21. The van der Waals surface area contributed by atoms with Crippen molar-refractivity contribution in [2.45, 2.75) is 51.2 Å². The molecular weight excluding hydrogens is 298 g/mol. The van der Waals surface area contributed by atoms with Gasteiger partial charge in [-0.15, -0.1) is 0 Å². The standard InChI is InChI=1S/C17H27NOS2/c1-3-6-18-16(15-11-21-10-13(15)2)14-4-7-19-17(9-14)5-8-20-12-17/h10-11,14,16,18H,3-9,12H2,1-2H3. The highest BCUT2D eigenvalue weighted by Gasteiger charge is 2.42. The molecule has 0 aromatic carbocycles. The molecule has 4 heteroatoms. The summed E-state index contributed by atoms with van der Waals surface area (Å²) in [5.41, 5.74) is 3.17. The Labute approximate surface area is 137 Å². The summed E-state index contributed by atoms with van der Waals surface area (Å²) in [6.07, 6.45) is 4.88. The molecule has 0 saturated carbocycles. The number of thioether (sulfide) groups is 1. The summed E-state index contributed by atoms with van der Waals surface area (Å²) in [5.74, 6) is 3.20. The van der Waals surface area contributed by atoms with Crippen LogP contribution in [0.3, 0.4) is 0 Å². The van der Waals surface area contributed by atoms with Crippen LogP contribution in [0.2, 0.25) is 0 Å². The smallest absolute Gasteiger partial charge is 0.0783 e. The first kappa shape index (κ1) is 15.9. The van der Waals surface area contributed by atoms with E-state index in [2.05, 4.69) is 41.7 Å². The van der Waals surface area contributed by atoms with Gasteiger partial charge in [-0.2, -0.15) is 23.1 Å². The average Bonchev–Trinajstić information content (AvgIpc) is 3.10. The van der Waals surface area contributed by atoms with E-state index >= 15 is 0 Å². The average molecular weight is 326 g/mol. The Bertz CT molecular complexity index is 453. The molecule has 1 aromatic rings. The van der Waals surface area contributed by atoms with Crippen LogP contribution in [-0.2, 0) is 4.74 Å². The van der Waals surface area contributed by atoms with Gasteiger partial charge in [-0.05, 0) is 72.7 Å². The highest BCUT2D eigenvalue weighted by Crippen LogP contribution is 2.44. The van der Waals surface area contributed by atoms with Gasteiger partial charge in [0.2, 0.25) is 0 Å². The van der Waals surface area contributed by atoms with Gasteiger partial charge in [0.05, 0.1) is 5.60 Å². The first-order valence-electron chi connectivity index (χ1n) is 8.22. The van der Waals surface area contributed by atoms with Gasteiger partial charge in [0.15, 0.2) is 0 Å². The molecule has 2 fully saturated rings. The molecule has 0 amide bonds. The van der Waals surface area contributed by atoms with E-state index in [-0.39, 0.29) is 5.60 Å². The summed E-state index contributed by atoms with van der Waals surface area (Å²) in [6.45, 7) is 6.56. The van der Waals surface area contributed by atoms with Gasteiger partial charge in [0.1, 0.15) is 0 Å². The zero-order chi connectivity index (χ0) is 14.7. The molecule has 2 aliphatic rings. The highest BCUT2D eigenvalue weighted by molar-refractivity contribution is 7.99. The van der Waals surface area contributed by atoms with E-state index in [1.54, 1.807) is 0 Å². The van der Waals surface area contributed by atoms with Crippen LogP contribution >= 0.6 is 23.1 Å². The topological polar surface area (TPSA) is 21.3 Å². The summed E-state index contributed by atoms with van der Waals surface area (Å²) in [4.78, 5) is 0. The maximum Gasteiger partial charge on any atom is 0.0783 e. The molecule has 21 heavy (non-hydrogen) atoms. The van der Waals surface area contributed by atoms with Crippen molar-refractivity contribution in [2.24, 2.45) is 5.92 Å². The van der Waals surface area contributed by atoms with Gasteiger partial charge in [-0.25, -0.2) is 0 Å². The van der Waals surface area contributed by atoms with Crippen molar-refractivity contribution in [3.63, 3.8) is 0 Å². The van der Waals surface area contributed by atoms with Crippen LogP contribution in [0, 0.1) is 12.8 Å². The van der Waals surface area contributed by atoms with E-state index in [1.165, 1.54) is 48.3 Å². The summed E-state index contributed by atoms with van der Waals surface area (Å²) in [6, 6.07) is 0.516. The minimum Gasteiger partial charge on any atom is -0.374 e. The van der Waals surface area contributed by atoms with E-state index in [1.807, 2.05) is 11.3 Å². The molecule has 2 saturated heterocycles. The minimum absolute atomic E-state index is 0.184. The quantitative estimate of drug-likeness (QED) is 0.867. The number of thiophene rings is 1. The van der Waals surface area contributed by atoms with Gasteiger partial charge in [-0.3, -0.25) is 0 Å². The first-order chi connectivity index (χ1) is 10.2. The second-order valence-corrected chi connectivity index (χ2v) is 8.38. The van der Waals surface area contributed by atoms with Crippen molar-refractivity contribution < 1.29 is 4.74 Å². The van der Waals surface area contributed by atoms with Crippen LogP contribution in [0.5, 0.6) is 0 Å². The number of nitrogens with one attached hydrogen (secondary N) is 1. The zero-order valence-electron chi connectivity index (χ0n) is 13.2. The molecule has 1 aromatic heterocycles. The normalized spacial score (nSPS) is 30.9. The van der Waals surface area contributed by atoms with E-state index < -0.39 is 0 Å². The number of aryl methyl sites for hydroxylation is 1. The molecule has 3 unspecified atom stereocenters.